The van der Waals surface area contributed by atoms with Gasteiger partial charge in [-0.2, -0.15) is 0 Å². The van der Waals surface area contributed by atoms with E-state index in [2.05, 4.69) is 18.8 Å². The van der Waals surface area contributed by atoms with Crippen LogP contribution in [-0.2, 0) is 11.2 Å². The van der Waals surface area contributed by atoms with Crippen molar-refractivity contribution in [1.82, 2.24) is 0 Å². The van der Waals surface area contributed by atoms with Gasteiger partial charge in [0.05, 0.1) is 0 Å². The molecule has 1 heterocycles. The van der Waals surface area contributed by atoms with Crippen molar-refractivity contribution in [2.45, 2.75) is 12.8 Å². The molecule has 0 saturated carbocycles. The minimum atomic E-state index is -0.772. The Hall–Kier alpha value is -1.86. The maximum Gasteiger partial charge on any atom is 0.303 e. The van der Waals surface area contributed by atoms with Crippen LogP contribution in [-0.4, -0.2) is 17.7 Å². The van der Waals surface area contributed by atoms with Gasteiger partial charge in [-0.05, 0) is 38.7 Å². The zero-order chi connectivity index (χ0) is 14.1. The summed E-state index contributed by atoms with van der Waals surface area (Å²) >= 11 is 0. The fourth-order valence-corrected chi connectivity index (χ4v) is 4.15. The van der Waals surface area contributed by atoms with E-state index in [1.807, 2.05) is 30.3 Å². The summed E-state index contributed by atoms with van der Waals surface area (Å²) < 4.78 is 5.96. The van der Waals surface area contributed by atoms with E-state index in [1.54, 1.807) is 0 Å². The van der Waals surface area contributed by atoms with Crippen molar-refractivity contribution in [2.75, 3.05) is 6.66 Å². The Morgan fingerprint density at radius 2 is 1.90 bits per heavy atom. The molecule has 102 valence electrons. The van der Waals surface area contributed by atoms with Crippen LogP contribution in [0, 0.1) is 0 Å². The van der Waals surface area contributed by atoms with Crippen LogP contribution in [0.3, 0.4) is 0 Å². The zero-order valence-electron chi connectivity index (χ0n) is 11.2. The first kappa shape index (κ1) is 13.1. The van der Waals surface area contributed by atoms with Crippen LogP contribution in [0.4, 0.5) is 0 Å². The lowest BCUT2D eigenvalue weighted by Crippen LogP contribution is -2.20. The number of hydrogen-bond donors (Lipinski definition) is 1. The molecular weight excluding hydrogens is 271 g/mol. The fourth-order valence-electron chi connectivity index (χ4n) is 2.39. The lowest BCUT2D eigenvalue weighted by molar-refractivity contribution is -0.136. The van der Waals surface area contributed by atoms with Gasteiger partial charge in [0.1, 0.15) is 11.5 Å². The quantitative estimate of drug-likeness (QED) is 0.883. The molecule has 4 heteroatoms. The van der Waals surface area contributed by atoms with E-state index >= 15 is 0 Å². The number of carboxylic acids is 1. The van der Waals surface area contributed by atoms with Gasteiger partial charge in [0.2, 0.25) is 0 Å². The van der Waals surface area contributed by atoms with Gasteiger partial charge in [-0.15, -0.1) is 0 Å². The molecule has 1 aliphatic rings. The van der Waals surface area contributed by atoms with Crippen LogP contribution in [0.15, 0.2) is 42.5 Å². The molecule has 1 N–H and O–H groups in total. The molecule has 0 saturated heterocycles. The summed E-state index contributed by atoms with van der Waals surface area (Å²) in [7, 11) is -0.399. The number of aryl methyl sites for hydroxylation is 1. The molecule has 1 unspecified atom stereocenters. The first-order chi connectivity index (χ1) is 9.65. The largest absolute Gasteiger partial charge is 0.481 e. The predicted octanol–water partition coefficient (Wildman–Crippen LogP) is 2.87. The van der Waals surface area contributed by atoms with Crippen LogP contribution in [0.2, 0.25) is 0 Å². The summed E-state index contributed by atoms with van der Waals surface area (Å²) in [6.45, 7) is 2.23. The van der Waals surface area contributed by atoms with Crippen molar-refractivity contribution < 1.29 is 14.6 Å². The molecule has 0 aromatic heterocycles. The van der Waals surface area contributed by atoms with Crippen LogP contribution in [0.25, 0.3) is 0 Å². The standard InChI is InChI=1S/C16H15O3P/c1-20-14-5-3-2-4-12(14)19-13-10-11(6-8-15(13)20)7-9-16(17)18/h2-6,8,10H,7,9H2,1H3,(H,17,18). The Balaban J connectivity index is 1.92. The highest BCUT2D eigenvalue weighted by Gasteiger charge is 2.23. The molecule has 3 nitrogen and oxygen atoms in total. The topological polar surface area (TPSA) is 46.5 Å². The summed E-state index contributed by atoms with van der Waals surface area (Å²) in [5, 5.41) is 11.2. The minimum absolute atomic E-state index is 0.149. The van der Waals surface area contributed by atoms with Gasteiger partial charge >= 0.3 is 5.97 Å². The van der Waals surface area contributed by atoms with Crippen molar-refractivity contribution in [3.05, 3.63) is 48.0 Å². The van der Waals surface area contributed by atoms with E-state index in [4.69, 9.17) is 9.84 Å². The van der Waals surface area contributed by atoms with Gasteiger partial charge in [-0.25, -0.2) is 0 Å². The van der Waals surface area contributed by atoms with Gasteiger partial charge in [-0.1, -0.05) is 30.3 Å². The van der Waals surface area contributed by atoms with Gasteiger partial charge in [0, 0.05) is 17.0 Å². The van der Waals surface area contributed by atoms with Crippen LogP contribution < -0.4 is 15.3 Å². The van der Waals surface area contributed by atoms with Crippen LogP contribution in [0.5, 0.6) is 11.5 Å². The molecule has 1 atom stereocenters. The van der Waals surface area contributed by atoms with Crippen LogP contribution >= 0.6 is 7.92 Å². The highest BCUT2D eigenvalue weighted by Crippen LogP contribution is 2.42. The molecular formula is C16H15O3P. The lowest BCUT2D eigenvalue weighted by atomic mass is 10.1. The van der Waals surface area contributed by atoms with Crippen molar-refractivity contribution in [3.63, 3.8) is 0 Å². The molecule has 0 fully saturated rings. The number of benzene rings is 2. The molecule has 1 aliphatic heterocycles. The number of ether oxygens (including phenoxy) is 1. The number of hydrogen-bond acceptors (Lipinski definition) is 2. The first-order valence-corrected chi connectivity index (χ1v) is 8.29. The molecule has 0 amide bonds. The normalized spacial score (nSPS) is 15.9. The third-order valence-electron chi connectivity index (χ3n) is 3.46. The average molecular weight is 286 g/mol. The minimum Gasteiger partial charge on any atom is -0.481 e. The molecule has 2 aromatic rings. The maximum atomic E-state index is 10.6. The Kier molecular flexibility index (Phi) is 3.45. The predicted molar refractivity (Wildman–Crippen MR) is 81.0 cm³/mol. The van der Waals surface area contributed by atoms with Gasteiger partial charge in [-0.3, -0.25) is 4.79 Å². The van der Waals surface area contributed by atoms with Gasteiger partial charge in [0.25, 0.3) is 0 Å². The van der Waals surface area contributed by atoms with E-state index in [1.165, 1.54) is 10.6 Å². The van der Waals surface area contributed by atoms with E-state index in [0.29, 0.717) is 6.42 Å². The van der Waals surface area contributed by atoms with Crippen molar-refractivity contribution >= 4 is 24.5 Å². The molecule has 0 bridgehead atoms. The second-order valence-electron chi connectivity index (χ2n) is 4.82. The SMILES string of the molecule is CP1c2ccccc2Oc2cc(CCC(=O)O)ccc21. The van der Waals surface area contributed by atoms with Crippen molar-refractivity contribution in [2.24, 2.45) is 0 Å². The highest BCUT2D eigenvalue weighted by molar-refractivity contribution is 7.72. The third kappa shape index (κ3) is 2.41. The Bertz CT molecular complexity index is 667. The second-order valence-corrected chi connectivity index (χ2v) is 6.91. The second kappa shape index (κ2) is 5.26. The molecule has 0 aliphatic carbocycles. The fraction of sp³-hybridized carbons (Fsp3) is 0.188. The van der Waals surface area contributed by atoms with E-state index in [-0.39, 0.29) is 6.42 Å². The van der Waals surface area contributed by atoms with Gasteiger partial charge in [0.15, 0.2) is 0 Å². The van der Waals surface area contributed by atoms with Crippen LogP contribution in [0.1, 0.15) is 12.0 Å². The number of rotatable bonds is 3. The summed E-state index contributed by atoms with van der Waals surface area (Å²) in [6.07, 6.45) is 0.686. The highest BCUT2D eigenvalue weighted by atomic mass is 31.1. The van der Waals surface area contributed by atoms with Gasteiger partial charge < -0.3 is 9.84 Å². The van der Waals surface area contributed by atoms with Crippen molar-refractivity contribution in [3.8, 4) is 11.5 Å². The maximum absolute atomic E-state index is 10.6. The van der Waals surface area contributed by atoms with E-state index in [9.17, 15) is 4.79 Å². The molecule has 3 rings (SSSR count). The number of carbonyl (C=O) groups is 1. The smallest absolute Gasteiger partial charge is 0.303 e. The Morgan fingerprint density at radius 1 is 1.15 bits per heavy atom. The third-order valence-corrected chi connectivity index (χ3v) is 5.64. The average Bonchev–Trinajstić information content (AvgIpc) is 2.45. The first-order valence-electron chi connectivity index (χ1n) is 6.50. The summed E-state index contributed by atoms with van der Waals surface area (Å²) in [4.78, 5) is 10.6. The zero-order valence-corrected chi connectivity index (χ0v) is 12.1. The Morgan fingerprint density at radius 3 is 2.70 bits per heavy atom. The Labute approximate surface area is 119 Å². The molecule has 0 radical (unpaired) electrons. The number of carboxylic acid groups (broad SMARTS) is 1. The molecule has 2 aromatic carbocycles. The monoisotopic (exact) mass is 286 g/mol. The van der Waals surface area contributed by atoms with Crippen molar-refractivity contribution in [1.29, 1.82) is 0 Å². The summed E-state index contributed by atoms with van der Waals surface area (Å²) in [5.74, 6) is 1.02. The molecule has 0 spiro atoms. The number of para-hydroxylation sites is 1. The molecule has 20 heavy (non-hydrogen) atoms. The number of fused-ring (bicyclic) bond motifs is 2. The summed E-state index contributed by atoms with van der Waals surface area (Å²) in [5.41, 5.74) is 1.01. The number of aliphatic carboxylic acids is 1. The van der Waals surface area contributed by atoms with E-state index in [0.717, 1.165) is 17.1 Å². The summed E-state index contributed by atoms with van der Waals surface area (Å²) in [6, 6.07) is 14.2. The lowest BCUT2D eigenvalue weighted by Gasteiger charge is -2.26. The van der Waals surface area contributed by atoms with E-state index < -0.39 is 13.9 Å².